The van der Waals surface area contributed by atoms with Crippen molar-refractivity contribution < 1.29 is 15.0 Å². The number of ketones is 1. The number of hydrogen-bond donors (Lipinski definition) is 3. The second-order valence-corrected chi connectivity index (χ2v) is 9.09. The van der Waals surface area contributed by atoms with Crippen LogP contribution in [0.3, 0.4) is 0 Å². The fraction of sp³-hybridized carbons (Fsp3) is 0.682. The van der Waals surface area contributed by atoms with Gasteiger partial charge in [-0.2, -0.15) is 0 Å². The number of phenols is 1. The van der Waals surface area contributed by atoms with E-state index in [-0.39, 0.29) is 17.3 Å². The second-order valence-electron chi connectivity index (χ2n) is 9.09. The van der Waals surface area contributed by atoms with Crippen molar-refractivity contribution in [1.82, 2.24) is 5.32 Å². The Morgan fingerprint density at radius 1 is 1.27 bits per heavy atom. The van der Waals surface area contributed by atoms with Crippen LogP contribution in [0.2, 0.25) is 0 Å². The van der Waals surface area contributed by atoms with Gasteiger partial charge in [-0.05, 0) is 91.4 Å². The lowest BCUT2D eigenvalue weighted by atomic mass is 9.54. The smallest absolute Gasteiger partial charge is 0.143 e. The molecule has 26 heavy (non-hydrogen) atoms. The quantitative estimate of drug-likeness (QED) is 0.773. The predicted molar refractivity (Wildman–Crippen MR) is 101 cm³/mol. The first-order chi connectivity index (χ1) is 12.4. The van der Waals surface area contributed by atoms with Gasteiger partial charge in [0, 0.05) is 6.54 Å². The lowest BCUT2D eigenvalue weighted by Crippen LogP contribution is -2.45. The van der Waals surface area contributed by atoms with Crippen LogP contribution in [0.15, 0.2) is 18.2 Å². The molecule has 0 saturated heterocycles. The fourth-order valence-corrected chi connectivity index (χ4v) is 6.30. The van der Waals surface area contributed by atoms with Gasteiger partial charge in [-0.15, -0.1) is 0 Å². The van der Waals surface area contributed by atoms with Crippen molar-refractivity contribution >= 4 is 5.78 Å². The molecule has 4 heteroatoms. The largest absolute Gasteiger partial charge is 0.508 e. The minimum atomic E-state index is -0.163. The number of fused-ring (bicyclic) bond motifs is 5. The summed E-state index contributed by atoms with van der Waals surface area (Å²) >= 11 is 0. The van der Waals surface area contributed by atoms with Crippen LogP contribution in [0, 0.1) is 17.3 Å². The zero-order valence-corrected chi connectivity index (χ0v) is 15.9. The highest BCUT2D eigenvalue weighted by atomic mass is 16.3. The zero-order valence-electron chi connectivity index (χ0n) is 15.9. The number of benzene rings is 1. The number of aliphatic hydroxyl groups excluding tert-OH is 1. The van der Waals surface area contributed by atoms with Crippen LogP contribution in [0.25, 0.3) is 0 Å². The van der Waals surface area contributed by atoms with Crippen molar-refractivity contribution in [3.8, 4) is 5.75 Å². The van der Waals surface area contributed by atoms with Crippen LogP contribution in [-0.4, -0.2) is 35.2 Å². The monoisotopic (exact) mass is 357 g/mol. The minimum absolute atomic E-state index is 0.0625. The maximum absolute atomic E-state index is 11.3. The summed E-state index contributed by atoms with van der Waals surface area (Å²) in [6.45, 7) is 5.07. The number of aliphatic hydroxyl groups is 1. The summed E-state index contributed by atoms with van der Waals surface area (Å²) < 4.78 is 0. The summed E-state index contributed by atoms with van der Waals surface area (Å²) in [5.74, 6) is 2.51. The Hall–Kier alpha value is -1.39. The molecule has 1 aromatic carbocycles. The van der Waals surface area contributed by atoms with Gasteiger partial charge in [-0.3, -0.25) is 4.79 Å². The minimum Gasteiger partial charge on any atom is -0.508 e. The summed E-state index contributed by atoms with van der Waals surface area (Å²) in [4.78, 5) is 11.3. The molecule has 3 aliphatic rings. The van der Waals surface area contributed by atoms with Crippen molar-refractivity contribution in [2.75, 3.05) is 13.1 Å². The number of phenolic OH excluding ortho intramolecular Hbond substituents is 1. The van der Waals surface area contributed by atoms with Crippen molar-refractivity contribution in [3.63, 3.8) is 0 Å². The highest BCUT2D eigenvalue weighted by Crippen LogP contribution is 2.62. The molecule has 0 heterocycles. The van der Waals surface area contributed by atoms with Gasteiger partial charge < -0.3 is 15.5 Å². The molecular formula is C22H31NO3. The van der Waals surface area contributed by atoms with Gasteiger partial charge in [0.25, 0.3) is 0 Å². The summed E-state index contributed by atoms with van der Waals surface area (Å²) in [6, 6.07) is 5.87. The number of aromatic hydroxyl groups is 1. The molecule has 4 rings (SSSR count). The molecular weight excluding hydrogens is 326 g/mol. The number of Topliss-reactive ketones (excluding diaryl/α,β-unsaturated/α-hetero) is 1. The van der Waals surface area contributed by atoms with Gasteiger partial charge in [0.2, 0.25) is 0 Å². The van der Waals surface area contributed by atoms with Gasteiger partial charge in [-0.1, -0.05) is 13.0 Å². The topological polar surface area (TPSA) is 69.6 Å². The molecule has 0 radical (unpaired) electrons. The molecule has 1 unspecified atom stereocenters. The molecule has 0 aliphatic heterocycles. The molecule has 3 N–H and O–H groups in total. The summed E-state index contributed by atoms with van der Waals surface area (Å²) in [5.41, 5.74) is 2.70. The van der Waals surface area contributed by atoms with Crippen LogP contribution >= 0.6 is 0 Å². The zero-order chi connectivity index (χ0) is 18.5. The maximum atomic E-state index is 11.3. The van der Waals surface area contributed by atoms with Crippen molar-refractivity contribution in [2.24, 2.45) is 17.3 Å². The Labute approximate surface area is 156 Å². The highest BCUT2D eigenvalue weighted by Gasteiger charge is 2.55. The van der Waals surface area contributed by atoms with Gasteiger partial charge >= 0.3 is 0 Å². The Kier molecular flexibility index (Phi) is 4.60. The van der Waals surface area contributed by atoms with E-state index >= 15 is 0 Å². The standard InChI is InChI=1S/C22H31NO3/c1-13(24)11-23-12-14-9-19-17(16-4-3-15(25)10-18(14)16)7-8-22(2)20(19)5-6-21(22)26/h3-4,10,14,17,19-21,23,25-26H,5-9,11-12H2,1-2H3/t14-,17+,19+,20-,21?,22-/m0/s1. The van der Waals surface area contributed by atoms with Crippen LogP contribution in [0.4, 0.5) is 0 Å². The van der Waals surface area contributed by atoms with Crippen molar-refractivity contribution in [3.05, 3.63) is 29.3 Å². The SMILES string of the molecule is CC(=O)CNC[C@@H]1C[C@@H]2[C@H](CC[C@]3(C)C(O)CC[C@@H]23)c2ccc(O)cc21. The van der Waals surface area contributed by atoms with E-state index in [1.807, 2.05) is 12.1 Å². The fourth-order valence-electron chi connectivity index (χ4n) is 6.30. The third kappa shape index (κ3) is 2.87. The predicted octanol–water partition coefficient (Wildman–Crippen LogP) is 3.33. The van der Waals surface area contributed by atoms with E-state index in [0.29, 0.717) is 36.0 Å². The molecule has 3 aliphatic carbocycles. The average molecular weight is 357 g/mol. The third-order valence-electron chi connectivity index (χ3n) is 7.62. The Balaban J connectivity index is 1.65. The van der Waals surface area contributed by atoms with E-state index in [9.17, 15) is 15.0 Å². The lowest BCUT2D eigenvalue weighted by Gasteiger charge is -2.51. The van der Waals surface area contributed by atoms with E-state index in [1.54, 1.807) is 6.92 Å². The maximum Gasteiger partial charge on any atom is 0.143 e. The van der Waals surface area contributed by atoms with E-state index in [2.05, 4.69) is 18.3 Å². The number of rotatable bonds is 4. The van der Waals surface area contributed by atoms with Crippen LogP contribution in [0.1, 0.15) is 68.9 Å². The van der Waals surface area contributed by atoms with E-state index in [4.69, 9.17) is 0 Å². The van der Waals surface area contributed by atoms with Crippen molar-refractivity contribution in [1.29, 1.82) is 0 Å². The Morgan fingerprint density at radius 2 is 2.08 bits per heavy atom. The highest BCUT2D eigenvalue weighted by molar-refractivity contribution is 5.77. The average Bonchev–Trinajstić information content (AvgIpc) is 2.90. The number of nitrogens with one attached hydrogen (secondary N) is 1. The van der Waals surface area contributed by atoms with E-state index in [0.717, 1.165) is 38.6 Å². The molecule has 142 valence electrons. The molecule has 0 spiro atoms. The molecule has 6 atom stereocenters. The van der Waals surface area contributed by atoms with Gasteiger partial charge in [0.15, 0.2) is 0 Å². The summed E-state index contributed by atoms with van der Waals surface area (Å²) in [5, 5.41) is 23.9. The molecule has 2 fully saturated rings. The normalized spacial score (nSPS) is 38.3. The van der Waals surface area contributed by atoms with E-state index < -0.39 is 0 Å². The number of carbonyl (C=O) groups is 1. The molecule has 0 bridgehead atoms. The molecule has 0 amide bonds. The van der Waals surface area contributed by atoms with Gasteiger partial charge in [0.05, 0.1) is 12.6 Å². The molecule has 1 aromatic rings. The van der Waals surface area contributed by atoms with E-state index in [1.165, 1.54) is 11.1 Å². The van der Waals surface area contributed by atoms with Crippen LogP contribution < -0.4 is 5.32 Å². The lowest BCUT2D eigenvalue weighted by molar-refractivity contribution is -0.116. The summed E-state index contributed by atoms with van der Waals surface area (Å²) in [6.07, 6.45) is 5.19. The van der Waals surface area contributed by atoms with Crippen LogP contribution in [0.5, 0.6) is 5.75 Å². The Morgan fingerprint density at radius 3 is 2.85 bits per heavy atom. The molecule has 4 nitrogen and oxygen atoms in total. The summed E-state index contributed by atoms with van der Waals surface area (Å²) in [7, 11) is 0. The Bertz CT molecular complexity index is 703. The first-order valence-corrected chi connectivity index (χ1v) is 10.1. The van der Waals surface area contributed by atoms with Gasteiger partial charge in [0.1, 0.15) is 11.5 Å². The molecule has 2 saturated carbocycles. The van der Waals surface area contributed by atoms with Crippen molar-refractivity contribution in [2.45, 2.75) is 63.9 Å². The number of carbonyl (C=O) groups excluding carboxylic acids is 1. The number of hydrogen-bond acceptors (Lipinski definition) is 4. The first kappa shape index (κ1) is 18.0. The third-order valence-corrected chi connectivity index (χ3v) is 7.62. The van der Waals surface area contributed by atoms with Crippen LogP contribution in [-0.2, 0) is 4.79 Å². The second kappa shape index (κ2) is 6.65. The van der Waals surface area contributed by atoms with Gasteiger partial charge in [-0.25, -0.2) is 0 Å². The first-order valence-electron chi connectivity index (χ1n) is 10.1. The molecule has 0 aromatic heterocycles.